The number of carbonyl (C=O) groups is 2. The minimum absolute atomic E-state index is 0.0340. The predicted molar refractivity (Wildman–Crippen MR) is 93.4 cm³/mol. The third-order valence-corrected chi connectivity index (χ3v) is 4.26. The van der Waals surface area contributed by atoms with Gasteiger partial charge in [-0.05, 0) is 48.7 Å². The predicted octanol–water partition coefficient (Wildman–Crippen LogP) is 3.58. The van der Waals surface area contributed by atoms with E-state index < -0.39 is 22.3 Å². The maximum Gasteiger partial charge on any atom is 0.306 e. The normalized spacial score (nSPS) is 18.1. The molecule has 1 saturated carbocycles. The minimum Gasteiger partial charge on any atom is -0.326 e. The molecule has 2 N–H and O–H groups in total. The summed E-state index contributed by atoms with van der Waals surface area (Å²) in [6.07, 6.45) is 0.885. The topological polar surface area (TPSA) is 101 Å². The zero-order valence-electron chi connectivity index (χ0n) is 13.9. The summed E-state index contributed by atoms with van der Waals surface area (Å²) in [4.78, 5) is 34.0. The van der Waals surface area contributed by atoms with Gasteiger partial charge in [-0.1, -0.05) is 6.92 Å². The van der Waals surface area contributed by atoms with Crippen molar-refractivity contribution in [2.24, 2.45) is 11.8 Å². The molecule has 1 fully saturated rings. The molecule has 0 heterocycles. The van der Waals surface area contributed by atoms with Gasteiger partial charge in [-0.15, -0.1) is 0 Å². The third kappa shape index (κ3) is 3.85. The number of rotatable bonds is 5. The van der Waals surface area contributed by atoms with Gasteiger partial charge in [0.2, 0.25) is 11.7 Å². The van der Waals surface area contributed by atoms with Crippen molar-refractivity contribution in [2.45, 2.75) is 13.3 Å². The first-order valence-electron chi connectivity index (χ1n) is 8.01. The van der Waals surface area contributed by atoms with Crippen molar-refractivity contribution in [1.29, 1.82) is 0 Å². The fourth-order valence-electron chi connectivity index (χ4n) is 2.56. The number of benzene rings is 2. The van der Waals surface area contributed by atoms with Gasteiger partial charge in [0, 0.05) is 28.9 Å². The summed E-state index contributed by atoms with van der Waals surface area (Å²) >= 11 is 0. The van der Waals surface area contributed by atoms with E-state index in [0.717, 1.165) is 18.6 Å². The summed E-state index contributed by atoms with van der Waals surface area (Å²) < 4.78 is 13.3. The first-order valence-corrected chi connectivity index (χ1v) is 8.01. The number of anilines is 2. The molecule has 0 bridgehead atoms. The fourth-order valence-corrected chi connectivity index (χ4v) is 2.56. The minimum atomic E-state index is -0.974. The van der Waals surface area contributed by atoms with Crippen molar-refractivity contribution in [3.8, 4) is 0 Å². The summed E-state index contributed by atoms with van der Waals surface area (Å²) in [7, 11) is 0. The van der Waals surface area contributed by atoms with Crippen molar-refractivity contribution in [2.75, 3.05) is 10.6 Å². The number of carbonyl (C=O) groups excluding carboxylic acids is 2. The van der Waals surface area contributed by atoms with Crippen LogP contribution in [0, 0.1) is 27.8 Å². The molecule has 2 unspecified atom stereocenters. The lowest BCUT2D eigenvalue weighted by Gasteiger charge is -2.08. The molecular formula is C18H16FN3O4. The number of amides is 2. The maximum atomic E-state index is 13.3. The maximum absolute atomic E-state index is 13.3. The molecule has 2 amide bonds. The van der Waals surface area contributed by atoms with E-state index in [4.69, 9.17) is 0 Å². The summed E-state index contributed by atoms with van der Waals surface area (Å²) in [6, 6.07) is 9.38. The number of hydrogen-bond acceptors (Lipinski definition) is 4. The zero-order chi connectivity index (χ0) is 18.8. The lowest BCUT2D eigenvalue weighted by Crippen LogP contribution is -2.15. The van der Waals surface area contributed by atoms with E-state index in [0.29, 0.717) is 17.2 Å². The number of hydrogen-bond donors (Lipinski definition) is 2. The molecule has 2 aromatic carbocycles. The first kappa shape index (κ1) is 17.5. The lowest BCUT2D eigenvalue weighted by atomic mass is 10.1. The Balaban J connectivity index is 1.65. The number of nitrogens with one attached hydrogen (secondary N) is 2. The van der Waals surface area contributed by atoms with E-state index in [9.17, 15) is 24.1 Å². The van der Waals surface area contributed by atoms with Crippen LogP contribution < -0.4 is 10.6 Å². The summed E-state index contributed by atoms with van der Waals surface area (Å²) in [5.41, 5.74) is 0.288. The molecule has 2 aromatic rings. The van der Waals surface area contributed by atoms with Crippen LogP contribution in [0.5, 0.6) is 0 Å². The highest BCUT2D eigenvalue weighted by molar-refractivity contribution is 6.05. The second-order valence-corrected chi connectivity index (χ2v) is 6.26. The Hall–Kier alpha value is -3.29. The number of nitro groups is 1. The second kappa shape index (κ2) is 6.91. The third-order valence-electron chi connectivity index (χ3n) is 4.26. The molecule has 0 saturated heterocycles. The van der Waals surface area contributed by atoms with Gasteiger partial charge in [-0.3, -0.25) is 19.7 Å². The molecule has 8 heteroatoms. The number of halogens is 1. The Morgan fingerprint density at radius 2 is 1.73 bits per heavy atom. The SMILES string of the molecule is CC1CC1C(=O)Nc1ccc(C(=O)Nc2ccc(F)c([N+](=O)[O-])c2)cc1. The molecule has 0 radical (unpaired) electrons. The lowest BCUT2D eigenvalue weighted by molar-refractivity contribution is -0.387. The van der Waals surface area contributed by atoms with Crippen LogP contribution in [0.25, 0.3) is 0 Å². The quantitative estimate of drug-likeness (QED) is 0.631. The van der Waals surface area contributed by atoms with E-state index in [1.807, 2.05) is 6.92 Å². The van der Waals surface area contributed by atoms with E-state index in [1.165, 1.54) is 18.2 Å². The van der Waals surface area contributed by atoms with Crippen LogP contribution in [0.3, 0.4) is 0 Å². The largest absolute Gasteiger partial charge is 0.326 e. The molecule has 3 rings (SSSR count). The number of nitrogens with zero attached hydrogens (tertiary/aromatic N) is 1. The van der Waals surface area contributed by atoms with Gasteiger partial charge >= 0.3 is 5.69 Å². The molecule has 2 atom stereocenters. The molecule has 0 aromatic heterocycles. The Morgan fingerprint density at radius 3 is 2.31 bits per heavy atom. The van der Waals surface area contributed by atoms with Crippen LogP contribution >= 0.6 is 0 Å². The van der Waals surface area contributed by atoms with Crippen LogP contribution in [-0.2, 0) is 4.79 Å². The standard InChI is InChI=1S/C18H16FN3O4/c1-10-8-14(10)18(24)20-12-4-2-11(3-5-12)17(23)21-13-6-7-15(19)16(9-13)22(25)26/h2-7,9-10,14H,8H2,1H3,(H,20,24)(H,21,23). The Bertz CT molecular complexity index is 883. The highest BCUT2D eigenvalue weighted by atomic mass is 19.1. The second-order valence-electron chi connectivity index (χ2n) is 6.26. The summed E-state index contributed by atoms with van der Waals surface area (Å²) in [6.45, 7) is 2.01. The average Bonchev–Trinajstić information content (AvgIpc) is 3.34. The van der Waals surface area contributed by atoms with Gasteiger partial charge in [0.15, 0.2) is 0 Å². The van der Waals surface area contributed by atoms with Crippen LogP contribution in [0.15, 0.2) is 42.5 Å². The van der Waals surface area contributed by atoms with E-state index in [-0.39, 0.29) is 17.5 Å². The van der Waals surface area contributed by atoms with Crippen molar-refractivity contribution < 1.29 is 18.9 Å². The van der Waals surface area contributed by atoms with Crippen LogP contribution in [0.2, 0.25) is 0 Å². The highest BCUT2D eigenvalue weighted by Gasteiger charge is 2.39. The van der Waals surface area contributed by atoms with Gasteiger partial charge in [0.05, 0.1) is 4.92 Å². The van der Waals surface area contributed by atoms with Gasteiger partial charge in [0.25, 0.3) is 5.91 Å². The Morgan fingerprint density at radius 1 is 1.12 bits per heavy atom. The van der Waals surface area contributed by atoms with Gasteiger partial charge < -0.3 is 10.6 Å². The number of nitro benzene ring substituents is 1. The van der Waals surface area contributed by atoms with Crippen molar-refractivity contribution >= 4 is 28.9 Å². The smallest absolute Gasteiger partial charge is 0.306 e. The van der Waals surface area contributed by atoms with Crippen LogP contribution in [-0.4, -0.2) is 16.7 Å². The van der Waals surface area contributed by atoms with Crippen molar-refractivity contribution in [3.63, 3.8) is 0 Å². The molecule has 134 valence electrons. The first-order chi connectivity index (χ1) is 12.3. The van der Waals surface area contributed by atoms with Crippen molar-refractivity contribution in [3.05, 3.63) is 64.0 Å². The zero-order valence-corrected chi connectivity index (χ0v) is 13.9. The molecular weight excluding hydrogens is 341 g/mol. The summed E-state index contributed by atoms with van der Waals surface area (Å²) in [5, 5.41) is 16.0. The van der Waals surface area contributed by atoms with E-state index >= 15 is 0 Å². The Labute approximate surface area is 148 Å². The van der Waals surface area contributed by atoms with Gasteiger partial charge in [-0.2, -0.15) is 4.39 Å². The fraction of sp³-hybridized carbons (Fsp3) is 0.222. The molecule has 7 nitrogen and oxygen atoms in total. The monoisotopic (exact) mass is 357 g/mol. The average molecular weight is 357 g/mol. The molecule has 1 aliphatic rings. The molecule has 0 spiro atoms. The van der Waals surface area contributed by atoms with Gasteiger partial charge in [0.1, 0.15) is 0 Å². The molecule has 26 heavy (non-hydrogen) atoms. The molecule has 1 aliphatic carbocycles. The van der Waals surface area contributed by atoms with E-state index in [1.54, 1.807) is 12.1 Å². The molecule has 0 aliphatic heterocycles. The van der Waals surface area contributed by atoms with E-state index in [2.05, 4.69) is 10.6 Å². The van der Waals surface area contributed by atoms with Crippen LogP contribution in [0.1, 0.15) is 23.7 Å². The Kier molecular flexibility index (Phi) is 4.66. The van der Waals surface area contributed by atoms with Crippen LogP contribution in [0.4, 0.5) is 21.5 Å². The van der Waals surface area contributed by atoms with Crippen molar-refractivity contribution in [1.82, 2.24) is 0 Å². The summed E-state index contributed by atoms with van der Waals surface area (Å²) in [5.74, 6) is -1.06. The van der Waals surface area contributed by atoms with Gasteiger partial charge in [-0.25, -0.2) is 0 Å². The highest BCUT2D eigenvalue weighted by Crippen LogP contribution is 2.38.